The van der Waals surface area contributed by atoms with E-state index in [2.05, 4.69) is 5.32 Å². The third-order valence-electron chi connectivity index (χ3n) is 5.84. The Morgan fingerprint density at radius 1 is 1.10 bits per heavy atom. The van der Waals surface area contributed by atoms with Gasteiger partial charge in [0.15, 0.2) is 0 Å². The zero-order valence-electron chi connectivity index (χ0n) is 18.0. The maximum absolute atomic E-state index is 13.1. The van der Waals surface area contributed by atoms with Crippen LogP contribution < -0.4 is 5.32 Å². The summed E-state index contributed by atoms with van der Waals surface area (Å²) in [4.78, 5) is 12.7. The lowest BCUT2D eigenvalue weighted by molar-refractivity contribution is -0.126. The van der Waals surface area contributed by atoms with Gasteiger partial charge >= 0.3 is 0 Å². The van der Waals surface area contributed by atoms with Crippen molar-refractivity contribution in [3.05, 3.63) is 24.3 Å². The largest absolute Gasteiger partial charge is 0.379 e. The SMILES string of the molecule is CCN(CC)S(=O)(=O)c1ccc(S(=O)(=O)N2CCC[C@@H](C(=O)N[C@H]3CCOC3)C2)cc1. The lowest BCUT2D eigenvalue weighted by Crippen LogP contribution is -2.47. The van der Waals surface area contributed by atoms with Gasteiger partial charge in [-0.05, 0) is 43.5 Å². The molecule has 2 heterocycles. The second-order valence-electron chi connectivity index (χ2n) is 7.83. The molecule has 2 fully saturated rings. The number of hydrogen-bond donors (Lipinski definition) is 1. The van der Waals surface area contributed by atoms with Crippen molar-refractivity contribution in [2.24, 2.45) is 5.92 Å². The standard InChI is InChI=1S/C20H31N3O6S2/c1-3-22(4-2)30(25,26)18-7-9-19(10-8-18)31(27,28)23-12-5-6-16(14-23)20(24)21-17-11-13-29-15-17/h7-10,16-17H,3-6,11-15H2,1-2H3,(H,21,24)/t16-,17+/m1/s1. The number of nitrogens with zero attached hydrogens (tertiary/aromatic N) is 2. The lowest BCUT2D eigenvalue weighted by atomic mass is 9.98. The van der Waals surface area contributed by atoms with E-state index in [1.807, 2.05) is 0 Å². The van der Waals surface area contributed by atoms with Crippen LogP contribution in [0, 0.1) is 5.92 Å². The average Bonchev–Trinajstić information content (AvgIpc) is 3.27. The summed E-state index contributed by atoms with van der Waals surface area (Å²) in [5.74, 6) is -0.553. The van der Waals surface area contributed by atoms with Gasteiger partial charge in [0.25, 0.3) is 0 Å². The summed E-state index contributed by atoms with van der Waals surface area (Å²) in [6.45, 7) is 5.73. The van der Waals surface area contributed by atoms with Gasteiger partial charge < -0.3 is 10.1 Å². The van der Waals surface area contributed by atoms with Gasteiger partial charge in [0.1, 0.15) is 0 Å². The molecule has 174 valence electrons. The molecular formula is C20H31N3O6S2. The van der Waals surface area contributed by atoms with Crippen molar-refractivity contribution in [3.63, 3.8) is 0 Å². The first kappa shape index (κ1) is 24.1. The summed E-state index contributed by atoms with van der Waals surface area (Å²) < 4.78 is 59.4. The van der Waals surface area contributed by atoms with Crippen molar-refractivity contribution in [3.8, 4) is 0 Å². The number of hydrogen-bond acceptors (Lipinski definition) is 6. The first-order valence-electron chi connectivity index (χ1n) is 10.7. The Morgan fingerprint density at radius 3 is 2.32 bits per heavy atom. The number of rotatable bonds is 8. The van der Waals surface area contributed by atoms with E-state index in [4.69, 9.17) is 4.74 Å². The van der Waals surface area contributed by atoms with Gasteiger partial charge in [0.05, 0.1) is 28.4 Å². The van der Waals surface area contributed by atoms with Crippen LogP contribution in [-0.4, -0.2) is 76.8 Å². The van der Waals surface area contributed by atoms with E-state index in [-0.39, 0.29) is 28.3 Å². The van der Waals surface area contributed by atoms with Crippen LogP contribution in [0.3, 0.4) is 0 Å². The molecular weight excluding hydrogens is 442 g/mol. The minimum absolute atomic E-state index is 0.0141. The van der Waals surface area contributed by atoms with E-state index >= 15 is 0 Å². The summed E-state index contributed by atoms with van der Waals surface area (Å²) in [6, 6.07) is 5.29. The van der Waals surface area contributed by atoms with E-state index in [1.165, 1.54) is 32.9 Å². The molecule has 0 saturated carbocycles. The van der Waals surface area contributed by atoms with Crippen LogP contribution in [0.4, 0.5) is 0 Å². The van der Waals surface area contributed by atoms with Crippen LogP contribution in [0.15, 0.2) is 34.1 Å². The molecule has 2 aliphatic heterocycles. The Kier molecular flexibility index (Phi) is 7.74. The van der Waals surface area contributed by atoms with Gasteiger partial charge in [-0.25, -0.2) is 16.8 Å². The maximum Gasteiger partial charge on any atom is 0.243 e. The molecule has 2 atom stereocenters. The predicted molar refractivity (Wildman–Crippen MR) is 115 cm³/mol. The van der Waals surface area contributed by atoms with Gasteiger partial charge in [-0.15, -0.1) is 0 Å². The number of benzene rings is 1. The normalized spacial score (nSPS) is 23.2. The number of carbonyl (C=O) groups excluding carboxylic acids is 1. The van der Waals surface area contributed by atoms with Crippen molar-refractivity contribution < 1.29 is 26.4 Å². The van der Waals surface area contributed by atoms with Crippen molar-refractivity contribution in [1.82, 2.24) is 13.9 Å². The van der Waals surface area contributed by atoms with E-state index in [0.717, 1.165) is 6.42 Å². The Balaban J connectivity index is 1.72. The van der Waals surface area contributed by atoms with Crippen molar-refractivity contribution in [2.75, 3.05) is 39.4 Å². The molecule has 0 unspecified atom stereocenters. The highest BCUT2D eigenvalue weighted by Crippen LogP contribution is 2.26. The van der Waals surface area contributed by atoms with Crippen LogP contribution in [0.5, 0.6) is 0 Å². The van der Waals surface area contributed by atoms with Gasteiger partial charge in [0.2, 0.25) is 26.0 Å². The first-order valence-corrected chi connectivity index (χ1v) is 13.6. The molecule has 2 aliphatic rings. The van der Waals surface area contributed by atoms with Crippen LogP contribution in [0.1, 0.15) is 33.1 Å². The van der Waals surface area contributed by atoms with Crippen LogP contribution >= 0.6 is 0 Å². The van der Waals surface area contributed by atoms with Gasteiger partial charge in [0, 0.05) is 32.8 Å². The number of sulfonamides is 2. The van der Waals surface area contributed by atoms with Gasteiger partial charge in [-0.1, -0.05) is 13.8 Å². The number of nitrogens with one attached hydrogen (secondary N) is 1. The maximum atomic E-state index is 13.1. The number of amides is 1. The molecule has 1 aromatic carbocycles. The number of carbonyl (C=O) groups is 1. The average molecular weight is 474 g/mol. The minimum atomic E-state index is -3.83. The van der Waals surface area contributed by atoms with Crippen LogP contribution in [-0.2, 0) is 29.6 Å². The molecule has 31 heavy (non-hydrogen) atoms. The topological polar surface area (TPSA) is 113 Å². The van der Waals surface area contributed by atoms with Gasteiger partial charge in [-0.2, -0.15) is 8.61 Å². The van der Waals surface area contributed by atoms with Gasteiger partial charge in [-0.3, -0.25) is 4.79 Å². The fourth-order valence-electron chi connectivity index (χ4n) is 3.99. The molecule has 2 saturated heterocycles. The van der Waals surface area contributed by atoms with E-state index in [9.17, 15) is 21.6 Å². The van der Waals surface area contributed by atoms with E-state index in [1.54, 1.807) is 13.8 Å². The summed E-state index contributed by atoms with van der Waals surface area (Å²) in [5, 5.41) is 2.95. The molecule has 1 N–H and O–H groups in total. The summed E-state index contributed by atoms with van der Waals surface area (Å²) in [6.07, 6.45) is 1.99. The molecule has 1 aromatic rings. The molecule has 0 radical (unpaired) electrons. The van der Waals surface area contributed by atoms with Crippen molar-refractivity contribution >= 4 is 26.0 Å². The molecule has 0 aromatic heterocycles. The highest BCUT2D eigenvalue weighted by Gasteiger charge is 2.34. The van der Waals surface area contributed by atoms with Crippen molar-refractivity contribution in [1.29, 1.82) is 0 Å². The predicted octanol–water partition coefficient (Wildman–Crippen LogP) is 1.02. The molecule has 9 nitrogen and oxygen atoms in total. The molecule has 0 bridgehead atoms. The highest BCUT2D eigenvalue weighted by atomic mass is 32.2. The van der Waals surface area contributed by atoms with Crippen LogP contribution in [0.2, 0.25) is 0 Å². The smallest absolute Gasteiger partial charge is 0.243 e. The molecule has 3 rings (SSSR count). The second kappa shape index (κ2) is 9.95. The Labute approximate surface area is 184 Å². The Morgan fingerprint density at radius 2 is 1.74 bits per heavy atom. The summed E-state index contributed by atoms with van der Waals surface area (Å²) >= 11 is 0. The van der Waals surface area contributed by atoms with E-state index < -0.39 is 26.0 Å². The molecule has 1 amide bonds. The number of ether oxygens (including phenoxy) is 1. The third-order valence-corrected chi connectivity index (χ3v) is 9.78. The molecule has 0 spiro atoms. The Bertz CT molecular complexity index is 969. The quantitative estimate of drug-likeness (QED) is 0.603. The first-order chi connectivity index (χ1) is 14.7. The lowest BCUT2D eigenvalue weighted by Gasteiger charge is -2.31. The van der Waals surface area contributed by atoms with E-state index in [0.29, 0.717) is 45.7 Å². The second-order valence-corrected chi connectivity index (χ2v) is 11.7. The Hall–Kier alpha value is -1.53. The summed E-state index contributed by atoms with van der Waals surface area (Å²) in [7, 11) is -7.49. The zero-order valence-corrected chi connectivity index (χ0v) is 19.6. The zero-order chi connectivity index (χ0) is 22.6. The third kappa shape index (κ3) is 5.28. The fraction of sp³-hybridized carbons (Fsp3) is 0.650. The molecule has 0 aliphatic carbocycles. The van der Waals surface area contributed by atoms with Crippen LogP contribution in [0.25, 0.3) is 0 Å². The van der Waals surface area contributed by atoms with Crippen molar-refractivity contribution in [2.45, 2.75) is 48.9 Å². The minimum Gasteiger partial charge on any atom is -0.379 e. The monoisotopic (exact) mass is 473 g/mol. The summed E-state index contributed by atoms with van der Waals surface area (Å²) in [5.41, 5.74) is 0. The molecule has 11 heteroatoms. The fourth-order valence-corrected chi connectivity index (χ4v) is 6.97. The number of piperidine rings is 1. The highest BCUT2D eigenvalue weighted by molar-refractivity contribution is 7.89.